The summed E-state index contributed by atoms with van der Waals surface area (Å²) in [6, 6.07) is 5.33. The van der Waals surface area contributed by atoms with Gasteiger partial charge in [-0.2, -0.15) is 0 Å². The summed E-state index contributed by atoms with van der Waals surface area (Å²) in [6.07, 6.45) is 0. The van der Waals surface area contributed by atoms with E-state index in [2.05, 4.69) is 10.7 Å². The second-order valence-corrected chi connectivity index (χ2v) is 3.49. The first-order chi connectivity index (χ1) is 6.99. The summed E-state index contributed by atoms with van der Waals surface area (Å²) >= 11 is 0. The van der Waals surface area contributed by atoms with Gasteiger partial charge in [0, 0.05) is 26.7 Å². The minimum atomic E-state index is -0.109. The number of anilines is 3. The molecular formula is C10H16N4O. The summed E-state index contributed by atoms with van der Waals surface area (Å²) in [6.45, 7) is 1.46. The standard InChI is InChI=1S/C10H16N4O/c1-7(15)12-8-4-5-10(9(11)6-8)13-14(2)3/h4-6,13H,11H2,1-3H3,(H,12,15). The largest absolute Gasteiger partial charge is 0.397 e. The summed E-state index contributed by atoms with van der Waals surface area (Å²) in [7, 11) is 3.75. The number of benzene rings is 1. The quantitative estimate of drug-likeness (QED) is 0.514. The lowest BCUT2D eigenvalue weighted by Crippen LogP contribution is -2.20. The Bertz CT molecular complexity index is 362. The molecule has 5 heteroatoms. The number of carbonyl (C=O) groups excluding carboxylic acids is 1. The van der Waals surface area contributed by atoms with Crippen LogP contribution in [0.2, 0.25) is 0 Å². The number of rotatable bonds is 3. The predicted octanol–water partition coefficient (Wildman–Crippen LogP) is 1.12. The maximum Gasteiger partial charge on any atom is 0.221 e. The molecule has 0 aliphatic carbocycles. The van der Waals surface area contributed by atoms with Gasteiger partial charge in [-0.3, -0.25) is 4.79 Å². The predicted molar refractivity (Wildman–Crippen MR) is 62.5 cm³/mol. The Morgan fingerprint density at radius 1 is 1.40 bits per heavy atom. The maximum atomic E-state index is 10.8. The highest BCUT2D eigenvalue weighted by Crippen LogP contribution is 2.22. The Kier molecular flexibility index (Phi) is 3.51. The van der Waals surface area contributed by atoms with Crippen molar-refractivity contribution in [2.45, 2.75) is 6.92 Å². The molecule has 15 heavy (non-hydrogen) atoms. The van der Waals surface area contributed by atoms with Gasteiger partial charge in [0.1, 0.15) is 0 Å². The lowest BCUT2D eigenvalue weighted by atomic mass is 10.2. The van der Waals surface area contributed by atoms with Crippen molar-refractivity contribution in [3.63, 3.8) is 0 Å². The molecule has 0 unspecified atom stereocenters. The van der Waals surface area contributed by atoms with Gasteiger partial charge in [-0.25, -0.2) is 5.01 Å². The molecule has 0 spiro atoms. The van der Waals surface area contributed by atoms with Crippen molar-refractivity contribution in [3.05, 3.63) is 18.2 Å². The molecule has 4 N–H and O–H groups in total. The lowest BCUT2D eigenvalue weighted by Gasteiger charge is -2.16. The van der Waals surface area contributed by atoms with Crippen LogP contribution in [0.5, 0.6) is 0 Å². The summed E-state index contributed by atoms with van der Waals surface area (Å²) in [5, 5.41) is 4.46. The third-order valence-electron chi connectivity index (χ3n) is 1.72. The van der Waals surface area contributed by atoms with Gasteiger partial charge in [-0.1, -0.05) is 0 Å². The fourth-order valence-corrected chi connectivity index (χ4v) is 1.19. The number of nitrogens with zero attached hydrogens (tertiary/aromatic N) is 1. The first-order valence-electron chi connectivity index (χ1n) is 4.60. The lowest BCUT2D eigenvalue weighted by molar-refractivity contribution is -0.114. The zero-order valence-corrected chi connectivity index (χ0v) is 9.16. The molecule has 0 fully saturated rings. The van der Waals surface area contributed by atoms with Crippen LogP contribution in [0, 0.1) is 0 Å². The fourth-order valence-electron chi connectivity index (χ4n) is 1.19. The van der Waals surface area contributed by atoms with Gasteiger partial charge in [0.25, 0.3) is 0 Å². The molecule has 0 radical (unpaired) electrons. The van der Waals surface area contributed by atoms with Gasteiger partial charge >= 0.3 is 0 Å². The van der Waals surface area contributed by atoms with Crippen LogP contribution in [0.15, 0.2) is 18.2 Å². The van der Waals surface area contributed by atoms with E-state index in [0.29, 0.717) is 11.4 Å². The summed E-state index contributed by atoms with van der Waals surface area (Å²) in [5.74, 6) is -0.109. The highest BCUT2D eigenvalue weighted by atomic mass is 16.1. The van der Waals surface area contributed by atoms with Crippen LogP contribution in [-0.2, 0) is 4.79 Å². The van der Waals surface area contributed by atoms with Crippen molar-refractivity contribution < 1.29 is 4.79 Å². The molecule has 0 aromatic heterocycles. The maximum absolute atomic E-state index is 10.8. The van der Waals surface area contributed by atoms with Crippen LogP contribution in [0.4, 0.5) is 17.1 Å². The van der Waals surface area contributed by atoms with Gasteiger partial charge in [-0.15, -0.1) is 0 Å². The second-order valence-electron chi connectivity index (χ2n) is 3.49. The van der Waals surface area contributed by atoms with Gasteiger partial charge < -0.3 is 16.5 Å². The number of hydrazine groups is 1. The van der Waals surface area contributed by atoms with Gasteiger partial charge in [0.2, 0.25) is 5.91 Å². The minimum Gasteiger partial charge on any atom is -0.397 e. The molecule has 1 aromatic rings. The second kappa shape index (κ2) is 4.65. The topological polar surface area (TPSA) is 70.4 Å². The molecule has 0 bridgehead atoms. The SMILES string of the molecule is CC(=O)Nc1ccc(NN(C)C)c(N)c1. The highest BCUT2D eigenvalue weighted by molar-refractivity contribution is 5.90. The Morgan fingerprint density at radius 2 is 2.07 bits per heavy atom. The number of nitrogen functional groups attached to an aromatic ring is 1. The molecule has 0 aliphatic rings. The zero-order chi connectivity index (χ0) is 11.4. The van der Waals surface area contributed by atoms with Crippen molar-refractivity contribution >= 4 is 23.0 Å². The third kappa shape index (κ3) is 3.47. The number of nitrogens with one attached hydrogen (secondary N) is 2. The normalized spacial score (nSPS) is 10.1. The molecule has 0 atom stereocenters. The van der Waals surface area contributed by atoms with Crippen molar-refractivity contribution in [1.29, 1.82) is 0 Å². The van der Waals surface area contributed by atoms with Crippen LogP contribution < -0.4 is 16.5 Å². The van der Waals surface area contributed by atoms with Crippen LogP contribution in [0.1, 0.15) is 6.92 Å². The van der Waals surface area contributed by atoms with Crippen molar-refractivity contribution in [2.24, 2.45) is 0 Å². The summed E-state index contributed by atoms with van der Waals surface area (Å²) < 4.78 is 0. The highest BCUT2D eigenvalue weighted by Gasteiger charge is 2.02. The molecule has 5 nitrogen and oxygen atoms in total. The Hall–Kier alpha value is -1.75. The fraction of sp³-hybridized carbons (Fsp3) is 0.300. The van der Waals surface area contributed by atoms with Crippen molar-refractivity contribution in [1.82, 2.24) is 5.01 Å². The first-order valence-corrected chi connectivity index (χ1v) is 4.60. The van der Waals surface area contributed by atoms with Crippen LogP contribution >= 0.6 is 0 Å². The third-order valence-corrected chi connectivity index (χ3v) is 1.72. The molecule has 1 aromatic carbocycles. The zero-order valence-electron chi connectivity index (χ0n) is 9.16. The molecule has 82 valence electrons. The Labute approximate surface area is 89.2 Å². The molecule has 0 aliphatic heterocycles. The molecular weight excluding hydrogens is 192 g/mol. The molecule has 0 saturated carbocycles. The number of hydrogen-bond acceptors (Lipinski definition) is 4. The van der Waals surface area contributed by atoms with Crippen molar-refractivity contribution in [2.75, 3.05) is 30.6 Å². The molecule has 1 rings (SSSR count). The van der Waals surface area contributed by atoms with E-state index in [1.54, 1.807) is 17.1 Å². The van der Waals surface area contributed by atoms with E-state index < -0.39 is 0 Å². The van der Waals surface area contributed by atoms with Gasteiger partial charge in [-0.05, 0) is 18.2 Å². The van der Waals surface area contributed by atoms with Crippen LogP contribution in [-0.4, -0.2) is 25.0 Å². The van der Waals surface area contributed by atoms with Gasteiger partial charge in [0.05, 0.1) is 11.4 Å². The molecule has 0 heterocycles. The number of hydrogen-bond donors (Lipinski definition) is 3. The monoisotopic (exact) mass is 208 g/mol. The van der Waals surface area contributed by atoms with E-state index in [-0.39, 0.29) is 5.91 Å². The summed E-state index contributed by atoms with van der Waals surface area (Å²) in [4.78, 5) is 10.8. The Morgan fingerprint density at radius 3 is 2.53 bits per heavy atom. The minimum absolute atomic E-state index is 0.109. The van der Waals surface area contributed by atoms with E-state index in [1.807, 2.05) is 20.2 Å². The average molecular weight is 208 g/mol. The smallest absolute Gasteiger partial charge is 0.221 e. The van der Waals surface area contributed by atoms with E-state index in [1.165, 1.54) is 6.92 Å². The van der Waals surface area contributed by atoms with Crippen LogP contribution in [0.3, 0.4) is 0 Å². The number of nitrogens with two attached hydrogens (primary N) is 1. The Balaban J connectivity index is 2.83. The van der Waals surface area contributed by atoms with Crippen LogP contribution in [0.25, 0.3) is 0 Å². The molecule has 1 amide bonds. The molecule has 0 saturated heterocycles. The summed E-state index contributed by atoms with van der Waals surface area (Å²) in [5.41, 5.74) is 11.0. The van der Waals surface area contributed by atoms with E-state index in [0.717, 1.165) is 5.69 Å². The van der Waals surface area contributed by atoms with E-state index >= 15 is 0 Å². The number of amides is 1. The average Bonchev–Trinajstić information content (AvgIpc) is 2.08. The van der Waals surface area contributed by atoms with Gasteiger partial charge in [0.15, 0.2) is 0 Å². The van der Waals surface area contributed by atoms with Crippen molar-refractivity contribution in [3.8, 4) is 0 Å². The van der Waals surface area contributed by atoms with E-state index in [4.69, 9.17) is 5.73 Å². The van der Waals surface area contributed by atoms with E-state index in [9.17, 15) is 4.79 Å². The number of carbonyl (C=O) groups is 1. The first kappa shape index (κ1) is 11.3.